The molecule has 1 aromatic carbocycles. The molecule has 88 valence electrons. The first-order valence-corrected chi connectivity index (χ1v) is 6.18. The lowest BCUT2D eigenvalue weighted by Crippen LogP contribution is -1.93. The van der Waals surface area contributed by atoms with Crippen molar-refractivity contribution in [3.63, 3.8) is 0 Å². The zero-order valence-electron chi connectivity index (χ0n) is 8.52. The van der Waals surface area contributed by atoms with Crippen molar-refractivity contribution < 1.29 is 0 Å². The minimum Gasteiger partial charge on any atom is -0.397 e. The van der Waals surface area contributed by atoms with E-state index in [0.717, 1.165) is 4.90 Å². The lowest BCUT2D eigenvalue weighted by Gasteiger charge is -2.07. The number of halogens is 2. The SMILES string of the molecule is Nc1cccc(SNc2cncc(Cl)n2)c1Cl. The van der Waals surface area contributed by atoms with E-state index in [4.69, 9.17) is 28.9 Å². The molecule has 0 fully saturated rings. The summed E-state index contributed by atoms with van der Waals surface area (Å²) < 4.78 is 2.99. The monoisotopic (exact) mass is 286 g/mol. The summed E-state index contributed by atoms with van der Waals surface area (Å²) in [6.45, 7) is 0. The zero-order chi connectivity index (χ0) is 12.3. The molecule has 3 N–H and O–H groups in total. The summed E-state index contributed by atoms with van der Waals surface area (Å²) in [6.07, 6.45) is 3.03. The van der Waals surface area contributed by atoms with Gasteiger partial charge in [-0.05, 0) is 24.1 Å². The molecule has 0 radical (unpaired) electrons. The zero-order valence-corrected chi connectivity index (χ0v) is 10.9. The highest BCUT2D eigenvalue weighted by molar-refractivity contribution is 8.00. The Morgan fingerprint density at radius 2 is 2.06 bits per heavy atom. The first-order chi connectivity index (χ1) is 8.16. The quantitative estimate of drug-likeness (QED) is 0.668. The van der Waals surface area contributed by atoms with Crippen LogP contribution < -0.4 is 10.5 Å². The predicted molar refractivity (Wildman–Crippen MR) is 72.4 cm³/mol. The molecule has 0 atom stereocenters. The van der Waals surface area contributed by atoms with Gasteiger partial charge < -0.3 is 10.5 Å². The first-order valence-electron chi connectivity index (χ1n) is 4.61. The first kappa shape index (κ1) is 12.3. The van der Waals surface area contributed by atoms with E-state index >= 15 is 0 Å². The minimum absolute atomic E-state index is 0.328. The Kier molecular flexibility index (Phi) is 3.93. The van der Waals surface area contributed by atoms with E-state index in [0.29, 0.717) is 21.7 Å². The van der Waals surface area contributed by atoms with Gasteiger partial charge in [-0.3, -0.25) is 4.98 Å². The molecule has 2 rings (SSSR count). The number of hydrogen-bond acceptors (Lipinski definition) is 5. The molecule has 0 saturated carbocycles. The maximum atomic E-state index is 6.04. The molecular weight excluding hydrogens is 279 g/mol. The van der Waals surface area contributed by atoms with Gasteiger partial charge in [0.25, 0.3) is 0 Å². The largest absolute Gasteiger partial charge is 0.397 e. The fourth-order valence-electron chi connectivity index (χ4n) is 1.11. The molecule has 7 heteroatoms. The second-order valence-electron chi connectivity index (χ2n) is 3.09. The summed E-state index contributed by atoms with van der Waals surface area (Å²) in [4.78, 5) is 8.76. The highest BCUT2D eigenvalue weighted by Crippen LogP contribution is 2.31. The van der Waals surface area contributed by atoms with Crippen LogP contribution in [0.5, 0.6) is 0 Å². The van der Waals surface area contributed by atoms with Crippen LogP contribution in [0.25, 0.3) is 0 Å². The highest BCUT2D eigenvalue weighted by Gasteiger charge is 2.05. The van der Waals surface area contributed by atoms with Gasteiger partial charge in [0.2, 0.25) is 0 Å². The van der Waals surface area contributed by atoms with Crippen LogP contribution in [0.4, 0.5) is 11.5 Å². The van der Waals surface area contributed by atoms with Crippen LogP contribution in [-0.2, 0) is 0 Å². The van der Waals surface area contributed by atoms with E-state index in [1.165, 1.54) is 18.1 Å². The van der Waals surface area contributed by atoms with Crippen molar-refractivity contribution in [3.05, 3.63) is 40.8 Å². The fourth-order valence-corrected chi connectivity index (χ4v) is 2.16. The van der Waals surface area contributed by atoms with Crippen molar-refractivity contribution >= 4 is 46.7 Å². The second-order valence-corrected chi connectivity index (χ2v) is 4.70. The van der Waals surface area contributed by atoms with Crippen molar-refractivity contribution in [1.82, 2.24) is 9.97 Å². The minimum atomic E-state index is 0.328. The summed E-state index contributed by atoms with van der Waals surface area (Å²) in [7, 11) is 0. The van der Waals surface area contributed by atoms with Crippen LogP contribution in [-0.4, -0.2) is 9.97 Å². The molecule has 1 heterocycles. The van der Waals surface area contributed by atoms with Gasteiger partial charge in [-0.25, -0.2) is 4.98 Å². The van der Waals surface area contributed by atoms with Crippen molar-refractivity contribution in [3.8, 4) is 0 Å². The molecule has 0 spiro atoms. The van der Waals surface area contributed by atoms with E-state index in [1.54, 1.807) is 12.3 Å². The third kappa shape index (κ3) is 3.15. The molecular formula is C10H8Cl2N4S. The maximum Gasteiger partial charge on any atom is 0.156 e. The van der Waals surface area contributed by atoms with E-state index in [-0.39, 0.29) is 0 Å². The average Bonchev–Trinajstić information content (AvgIpc) is 2.31. The number of nitrogens with one attached hydrogen (secondary N) is 1. The lowest BCUT2D eigenvalue weighted by molar-refractivity contribution is 1.21. The van der Waals surface area contributed by atoms with Crippen LogP contribution in [0.3, 0.4) is 0 Å². The topological polar surface area (TPSA) is 63.8 Å². The molecule has 0 unspecified atom stereocenters. The smallest absolute Gasteiger partial charge is 0.156 e. The molecule has 17 heavy (non-hydrogen) atoms. The Balaban J connectivity index is 2.10. The van der Waals surface area contributed by atoms with Gasteiger partial charge in [0, 0.05) is 4.90 Å². The third-order valence-corrected chi connectivity index (χ3v) is 3.45. The van der Waals surface area contributed by atoms with Gasteiger partial charge in [0.1, 0.15) is 5.15 Å². The summed E-state index contributed by atoms with van der Waals surface area (Å²) in [5.74, 6) is 0.556. The highest BCUT2D eigenvalue weighted by atomic mass is 35.5. The number of aromatic nitrogens is 2. The van der Waals surface area contributed by atoms with E-state index in [9.17, 15) is 0 Å². The van der Waals surface area contributed by atoms with Gasteiger partial charge >= 0.3 is 0 Å². The molecule has 0 bridgehead atoms. The van der Waals surface area contributed by atoms with Crippen LogP contribution in [0.15, 0.2) is 35.5 Å². The van der Waals surface area contributed by atoms with Gasteiger partial charge in [0.15, 0.2) is 5.82 Å². The molecule has 0 amide bonds. The Morgan fingerprint density at radius 1 is 1.24 bits per heavy atom. The number of rotatable bonds is 3. The summed E-state index contributed by atoms with van der Waals surface area (Å²) in [5, 5.41) is 0.842. The van der Waals surface area contributed by atoms with E-state index < -0.39 is 0 Å². The molecule has 0 aliphatic heterocycles. The average molecular weight is 287 g/mol. The van der Waals surface area contributed by atoms with Crippen LogP contribution in [0, 0.1) is 0 Å². The van der Waals surface area contributed by atoms with E-state index in [1.807, 2.05) is 12.1 Å². The summed E-state index contributed by atoms with van der Waals surface area (Å²) >= 11 is 13.1. The number of nitrogens with two attached hydrogens (primary N) is 1. The number of benzene rings is 1. The molecule has 0 saturated heterocycles. The Bertz CT molecular complexity index is 535. The Labute approximate surface area is 113 Å². The van der Waals surface area contributed by atoms with Crippen molar-refractivity contribution in [2.75, 3.05) is 10.5 Å². The fraction of sp³-hybridized carbons (Fsp3) is 0. The van der Waals surface area contributed by atoms with Gasteiger partial charge in [-0.2, -0.15) is 0 Å². The normalized spacial score (nSPS) is 10.2. The maximum absolute atomic E-state index is 6.04. The van der Waals surface area contributed by atoms with Gasteiger partial charge in [0.05, 0.1) is 23.1 Å². The summed E-state index contributed by atoms with van der Waals surface area (Å²) in [6, 6.07) is 5.43. The van der Waals surface area contributed by atoms with Crippen LogP contribution in [0.1, 0.15) is 0 Å². The van der Waals surface area contributed by atoms with Crippen LogP contribution >= 0.6 is 35.1 Å². The Hall–Kier alpha value is -1.17. The van der Waals surface area contributed by atoms with Crippen LogP contribution in [0.2, 0.25) is 10.2 Å². The van der Waals surface area contributed by atoms with Gasteiger partial charge in [-0.1, -0.05) is 29.3 Å². The van der Waals surface area contributed by atoms with Crippen molar-refractivity contribution in [2.24, 2.45) is 0 Å². The standard InChI is InChI=1S/C10H8Cl2N4S/c11-8-4-14-5-9(15-8)16-17-7-3-1-2-6(13)10(7)12/h1-5H,13H2,(H,15,16). The van der Waals surface area contributed by atoms with Crippen molar-refractivity contribution in [1.29, 1.82) is 0 Å². The lowest BCUT2D eigenvalue weighted by atomic mass is 10.3. The number of nitrogens with zero attached hydrogens (tertiary/aromatic N) is 2. The molecule has 1 aromatic heterocycles. The van der Waals surface area contributed by atoms with Crippen molar-refractivity contribution in [2.45, 2.75) is 4.90 Å². The predicted octanol–water partition coefficient (Wildman–Crippen LogP) is 3.48. The van der Waals surface area contributed by atoms with Gasteiger partial charge in [-0.15, -0.1) is 0 Å². The molecule has 0 aliphatic carbocycles. The molecule has 4 nitrogen and oxygen atoms in total. The molecule has 0 aliphatic rings. The number of hydrogen-bond donors (Lipinski definition) is 2. The number of anilines is 2. The Morgan fingerprint density at radius 3 is 2.82 bits per heavy atom. The second kappa shape index (κ2) is 5.44. The molecule has 2 aromatic rings. The summed E-state index contributed by atoms with van der Waals surface area (Å²) in [5.41, 5.74) is 6.23. The third-order valence-electron chi connectivity index (χ3n) is 1.86. The van der Waals surface area contributed by atoms with E-state index in [2.05, 4.69) is 14.7 Å². The number of nitrogen functional groups attached to an aromatic ring is 1.